The van der Waals surface area contributed by atoms with E-state index in [-0.39, 0.29) is 139 Å². The lowest BCUT2D eigenvalue weighted by molar-refractivity contribution is -0.170. The lowest BCUT2D eigenvalue weighted by atomic mass is 9.65. The van der Waals surface area contributed by atoms with Gasteiger partial charge in [-0.25, -0.2) is 0 Å². The van der Waals surface area contributed by atoms with Crippen molar-refractivity contribution < 1.29 is 57.3 Å². The third-order valence-electron chi connectivity index (χ3n) is 18.1. The van der Waals surface area contributed by atoms with Crippen LogP contribution >= 0.6 is 47.0 Å². The predicted molar refractivity (Wildman–Crippen MR) is 352 cm³/mol. The van der Waals surface area contributed by atoms with E-state index in [0.717, 1.165) is 25.7 Å². The van der Waals surface area contributed by atoms with Crippen molar-refractivity contribution in [3.63, 3.8) is 0 Å². The van der Waals surface area contributed by atoms with Gasteiger partial charge in [0.15, 0.2) is 0 Å². The zero-order valence-corrected chi connectivity index (χ0v) is 58.0. The molecule has 4 rings (SSSR count). The summed E-state index contributed by atoms with van der Waals surface area (Å²) >= 11 is 6.06. The molecule has 12 atom stereocenters. The van der Waals surface area contributed by atoms with Crippen LogP contribution in [0, 0.1) is 74.4 Å². The molecule has 0 aromatic carbocycles. The minimum Gasteiger partial charge on any atom is -0.465 e. The Hall–Kier alpha value is -3.08. The van der Waals surface area contributed by atoms with Gasteiger partial charge in [0.25, 0.3) is 0 Å². The van der Waals surface area contributed by atoms with Crippen LogP contribution in [0.1, 0.15) is 188 Å². The lowest BCUT2D eigenvalue weighted by Crippen LogP contribution is -2.44. The molecule has 0 saturated heterocycles. The smallest absolute Gasteiger partial charge is 0.306 e. The fourth-order valence-corrected chi connectivity index (χ4v) is 17.7. The Morgan fingerprint density at radius 3 is 0.741 bits per heavy atom. The van der Waals surface area contributed by atoms with Crippen LogP contribution in [-0.2, 0) is 57.3 Å². The molecule has 0 radical (unpaired) electrons. The van der Waals surface area contributed by atoms with E-state index < -0.39 is 55.7 Å². The predicted octanol–water partition coefficient (Wildman–Crippen LogP) is 15.0. The fraction of sp³-hybridized carbons (Fsp3) is 0.768. The largest absolute Gasteiger partial charge is 0.465 e. The Morgan fingerprint density at radius 1 is 0.376 bits per heavy atom. The second-order valence-corrected chi connectivity index (χ2v) is 34.6. The van der Waals surface area contributed by atoms with Gasteiger partial charge in [-0.05, 0) is 71.0 Å². The lowest BCUT2D eigenvalue weighted by Gasteiger charge is -2.39. The first kappa shape index (κ1) is 74.4. The highest BCUT2D eigenvalue weighted by Crippen LogP contribution is 2.46. The summed E-state index contributed by atoms with van der Waals surface area (Å²) in [5, 5.41) is -0.178. The molecule has 4 aliphatic rings. The van der Waals surface area contributed by atoms with Gasteiger partial charge in [-0.1, -0.05) is 159 Å². The summed E-state index contributed by atoms with van der Waals surface area (Å²) in [6.07, 6.45) is 22.0. The molecule has 0 aliphatic heterocycles. The van der Waals surface area contributed by atoms with E-state index in [1.807, 2.05) is 27.7 Å². The van der Waals surface area contributed by atoms with Gasteiger partial charge in [0, 0.05) is 93.4 Å². The van der Waals surface area contributed by atoms with Crippen molar-refractivity contribution in [3.05, 3.63) is 48.6 Å². The first-order chi connectivity index (χ1) is 39.7. The maximum Gasteiger partial charge on any atom is 0.306 e. The monoisotopic (exact) mass is 1260 g/mol. The number of thioether (sulfide) groups is 4. The molecular weight excluding hydrogens is 1150 g/mol. The van der Waals surface area contributed by atoms with Crippen LogP contribution < -0.4 is 0 Å². The van der Waals surface area contributed by atoms with Gasteiger partial charge in [0.1, 0.15) is 55.0 Å². The molecular formula is C69H108O12S4. The Balaban J connectivity index is 1.46. The number of ether oxygens (including phenoxy) is 4. The number of carbonyl (C=O) groups is 8. The van der Waals surface area contributed by atoms with Gasteiger partial charge in [-0.3, -0.25) is 38.4 Å². The van der Waals surface area contributed by atoms with Crippen LogP contribution in [0.2, 0.25) is 0 Å². The number of carbonyl (C=O) groups excluding carboxylic acids is 8. The SMILES string of the molecule is CC(CC(=O)C1C(C)C=CCC1(C)C)SCCC(=O)OCC(COC(=O)CCSC(C)CC(=O)C1C(C)C=CCC1(C)C)(COC(=O)CCSC(C)CC(=O)C1C(C)C=CCC1(C)C)COC(=O)CCSC(C)CC(=O)C1C(C)C=CCC1(C)C. The zero-order valence-electron chi connectivity index (χ0n) is 54.7. The van der Waals surface area contributed by atoms with Crippen LogP contribution in [0.3, 0.4) is 0 Å². The standard InChI is InChI=1S/C69H108O12S4/c1-45-21-17-29-65(9,10)61(45)53(70)37-49(5)82-33-25-57(74)78-41-69(42-79-58(75)26-34-83-50(6)38-54(71)62-46(2)22-18-30-66(62,11)12,43-80-59(76)27-35-84-51(7)39-55(72)63-47(3)23-19-31-67(63,13)14)44-81-60(77)28-36-85-52(8)40-56(73)64-48(4)24-20-32-68(64,15)16/h17-24,45-52,61-64H,25-44H2,1-16H3. The first-order valence-electron chi connectivity index (χ1n) is 31.6. The van der Waals surface area contributed by atoms with E-state index in [4.69, 9.17) is 18.9 Å². The van der Waals surface area contributed by atoms with Crippen molar-refractivity contribution in [1.82, 2.24) is 0 Å². The highest BCUT2D eigenvalue weighted by atomic mass is 32.2. The van der Waals surface area contributed by atoms with E-state index in [0.29, 0.717) is 48.7 Å². The molecule has 85 heavy (non-hydrogen) atoms. The van der Waals surface area contributed by atoms with Crippen molar-refractivity contribution in [2.45, 2.75) is 209 Å². The van der Waals surface area contributed by atoms with Crippen molar-refractivity contribution in [3.8, 4) is 0 Å². The van der Waals surface area contributed by atoms with E-state index in [1.165, 1.54) is 47.0 Å². The van der Waals surface area contributed by atoms with Gasteiger partial charge < -0.3 is 18.9 Å². The number of esters is 4. The molecule has 0 fully saturated rings. The van der Waals surface area contributed by atoms with Gasteiger partial charge >= 0.3 is 23.9 Å². The molecule has 0 spiro atoms. The third-order valence-corrected chi connectivity index (χ3v) is 22.8. The summed E-state index contributed by atoms with van der Waals surface area (Å²) in [5.41, 5.74) is -2.07. The number of rotatable bonds is 36. The van der Waals surface area contributed by atoms with Crippen LogP contribution in [0.15, 0.2) is 48.6 Å². The maximum atomic E-state index is 13.7. The van der Waals surface area contributed by atoms with Crippen LogP contribution in [-0.4, -0.2) is 117 Å². The highest BCUT2D eigenvalue weighted by Gasteiger charge is 2.44. The fourth-order valence-electron chi connectivity index (χ4n) is 13.8. The highest BCUT2D eigenvalue weighted by molar-refractivity contribution is 8.00. The second kappa shape index (κ2) is 34.2. The molecule has 0 bridgehead atoms. The van der Waals surface area contributed by atoms with Crippen molar-refractivity contribution >= 4 is 94.1 Å². The summed E-state index contributed by atoms with van der Waals surface area (Å²) in [5.74, 6) is 0.352. The summed E-state index contributed by atoms with van der Waals surface area (Å²) < 4.78 is 23.8. The van der Waals surface area contributed by atoms with Gasteiger partial charge in [0.2, 0.25) is 0 Å². The van der Waals surface area contributed by atoms with Crippen LogP contribution in [0.25, 0.3) is 0 Å². The Kier molecular flexibility index (Phi) is 29.9. The van der Waals surface area contributed by atoms with Crippen molar-refractivity contribution in [1.29, 1.82) is 0 Å². The molecule has 12 nitrogen and oxygen atoms in total. The van der Waals surface area contributed by atoms with Gasteiger partial charge in [0.05, 0.1) is 25.7 Å². The minimum atomic E-state index is -1.50. The summed E-state index contributed by atoms with van der Waals surface area (Å²) in [7, 11) is 0. The average Bonchev–Trinajstić information content (AvgIpc) is 3.28. The summed E-state index contributed by atoms with van der Waals surface area (Å²) in [6.45, 7) is 31.8. The minimum absolute atomic E-state index is 0.00992. The van der Waals surface area contributed by atoms with E-state index in [2.05, 4.69) is 132 Å². The molecule has 12 unspecified atom stereocenters. The summed E-state index contributed by atoms with van der Waals surface area (Å²) in [4.78, 5) is 109. The number of ketones is 4. The first-order valence-corrected chi connectivity index (χ1v) is 35.7. The Labute approximate surface area is 529 Å². The maximum absolute atomic E-state index is 13.7. The molecule has 4 aliphatic carbocycles. The molecule has 0 aromatic rings. The molecule has 16 heteroatoms. The summed E-state index contributed by atoms with van der Waals surface area (Å²) in [6, 6.07) is 0. The number of Topliss-reactive ketones (excluding diaryl/α,β-unsaturated/α-hetero) is 4. The van der Waals surface area contributed by atoms with E-state index in [9.17, 15) is 38.4 Å². The third kappa shape index (κ3) is 24.0. The van der Waals surface area contributed by atoms with Crippen molar-refractivity contribution in [2.24, 2.45) is 74.4 Å². The van der Waals surface area contributed by atoms with Gasteiger partial charge in [-0.2, -0.15) is 47.0 Å². The van der Waals surface area contributed by atoms with Gasteiger partial charge in [-0.15, -0.1) is 0 Å². The molecule has 0 aromatic heterocycles. The second-order valence-electron chi connectivity index (χ2n) is 28.4. The van der Waals surface area contributed by atoms with Crippen LogP contribution in [0.5, 0.6) is 0 Å². The Bertz CT molecular complexity index is 2060. The molecule has 480 valence electrons. The molecule has 0 heterocycles. The number of hydrogen-bond donors (Lipinski definition) is 0. The molecule has 0 saturated carbocycles. The van der Waals surface area contributed by atoms with Crippen molar-refractivity contribution in [2.75, 3.05) is 49.4 Å². The average molecular weight is 1260 g/mol. The zero-order chi connectivity index (χ0) is 63.5. The normalized spacial score (nSPS) is 26.6. The molecule has 0 N–H and O–H groups in total. The number of hydrogen-bond acceptors (Lipinski definition) is 16. The quantitative estimate of drug-likeness (QED) is 0.0329. The van der Waals surface area contributed by atoms with E-state index >= 15 is 0 Å². The topological polar surface area (TPSA) is 173 Å². The van der Waals surface area contributed by atoms with E-state index in [1.54, 1.807) is 0 Å². The van der Waals surface area contributed by atoms with Crippen LogP contribution in [0.4, 0.5) is 0 Å². The Morgan fingerprint density at radius 2 is 0.565 bits per heavy atom. The molecule has 0 amide bonds. The number of allylic oxidation sites excluding steroid dienone is 8.